The third-order valence-electron chi connectivity index (χ3n) is 2.65. The van der Waals surface area contributed by atoms with E-state index in [0.717, 1.165) is 12.0 Å². The Morgan fingerprint density at radius 3 is 2.22 bits per heavy atom. The van der Waals surface area contributed by atoms with Crippen LogP contribution in [0.2, 0.25) is 5.02 Å². The molecule has 1 unspecified atom stereocenters. The highest BCUT2D eigenvalue weighted by Gasteiger charge is 2.23. The first kappa shape index (κ1) is 15.5. The number of rotatable bonds is 4. The van der Waals surface area contributed by atoms with Crippen molar-refractivity contribution in [3.05, 3.63) is 22.7 Å². The number of hydrogen-bond acceptors (Lipinski definition) is 2. The van der Waals surface area contributed by atoms with E-state index in [4.69, 9.17) is 32.7 Å². The van der Waals surface area contributed by atoms with Crippen LogP contribution in [-0.4, -0.2) is 14.2 Å². The molecule has 1 rings (SSSR count). The SMILES string of the molecule is COc1ccc(C(Cl)CC(C)(C)C)c(OC)c1Cl. The fourth-order valence-electron chi connectivity index (χ4n) is 1.81. The third-order valence-corrected chi connectivity index (χ3v) is 3.39. The van der Waals surface area contributed by atoms with Crippen molar-refractivity contribution >= 4 is 23.2 Å². The Kier molecular flexibility index (Phi) is 5.18. The first-order valence-corrected chi connectivity index (χ1v) is 6.66. The van der Waals surface area contributed by atoms with Gasteiger partial charge in [0.15, 0.2) is 0 Å². The molecule has 0 aliphatic heterocycles. The van der Waals surface area contributed by atoms with Crippen molar-refractivity contribution in [1.82, 2.24) is 0 Å². The van der Waals surface area contributed by atoms with Crippen LogP contribution in [0.5, 0.6) is 11.5 Å². The zero-order valence-electron chi connectivity index (χ0n) is 11.5. The lowest BCUT2D eigenvalue weighted by Gasteiger charge is -2.24. The lowest BCUT2D eigenvalue weighted by Crippen LogP contribution is -2.09. The van der Waals surface area contributed by atoms with E-state index < -0.39 is 0 Å². The van der Waals surface area contributed by atoms with Gasteiger partial charge in [-0.25, -0.2) is 0 Å². The molecule has 0 aliphatic carbocycles. The topological polar surface area (TPSA) is 18.5 Å². The summed E-state index contributed by atoms with van der Waals surface area (Å²) in [6, 6.07) is 3.73. The Bertz CT molecular complexity index is 411. The van der Waals surface area contributed by atoms with Crippen molar-refractivity contribution in [3.63, 3.8) is 0 Å². The largest absolute Gasteiger partial charge is 0.495 e. The van der Waals surface area contributed by atoms with E-state index in [2.05, 4.69) is 20.8 Å². The van der Waals surface area contributed by atoms with Crippen molar-refractivity contribution in [2.75, 3.05) is 14.2 Å². The van der Waals surface area contributed by atoms with E-state index in [1.54, 1.807) is 14.2 Å². The third kappa shape index (κ3) is 3.69. The summed E-state index contributed by atoms with van der Waals surface area (Å²) in [7, 11) is 3.17. The summed E-state index contributed by atoms with van der Waals surface area (Å²) in [6.07, 6.45) is 0.841. The van der Waals surface area contributed by atoms with E-state index in [-0.39, 0.29) is 10.8 Å². The second kappa shape index (κ2) is 6.03. The highest BCUT2D eigenvalue weighted by Crippen LogP contribution is 2.44. The summed E-state index contributed by atoms with van der Waals surface area (Å²) in [6.45, 7) is 6.46. The molecular weight excluding hydrogens is 271 g/mol. The minimum Gasteiger partial charge on any atom is -0.495 e. The minimum atomic E-state index is -0.136. The van der Waals surface area contributed by atoms with Crippen LogP contribution in [0.25, 0.3) is 0 Å². The molecule has 1 aromatic rings. The summed E-state index contributed by atoms with van der Waals surface area (Å²) in [4.78, 5) is 0. The molecule has 0 heterocycles. The average molecular weight is 291 g/mol. The Hall–Kier alpha value is -0.600. The number of benzene rings is 1. The molecule has 0 saturated heterocycles. The highest BCUT2D eigenvalue weighted by molar-refractivity contribution is 6.34. The molecule has 0 N–H and O–H groups in total. The summed E-state index contributed by atoms with van der Waals surface area (Å²) in [5.74, 6) is 1.19. The molecule has 1 atom stereocenters. The quantitative estimate of drug-likeness (QED) is 0.721. The molecule has 0 amide bonds. The summed E-state index contributed by atoms with van der Waals surface area (Å²) in [5, 5.41) is 0.334. The van der Waals surface area contributed by atoms with Gasteiger partial charge in [-0.15, -0.1) is 11.6 Å². The van der Waals surface area contributed by atoms with Gasteiger partial charge in [-0.05, 0) is 17.9 Å². The van der Waals surface area contributed by atoms with E-state index in [1.807, 2.05) is 12.1 Å². The van der Waals surface area contributed by atoms with Gasteiger partial charge < -0.3 is 9.47 Å². The van der Waals surface area contributed by atoms with Gasteiger partial charge in [-0.3, -0.25) is 0 Å². The molecule has 0 aromatic heterocycles. The van der Waals surface area contributed by atoms with Crippen LogP contribution in [0, 0.1) is 5.41 Å². The van der Waals surface area contributed by atoms with Crippen molar-refractivity contribution in [3.8, 4) is 11.5 Å². The minimum absolute atomic E-state index is 0.136. The van der Waals surface area contributed by atoms with Crippen LogP contribution >= 0.6 is 23.2 Å². The summed E-state index contributed by atoms with van der Waals surface area (Å²) in [5.41, 5.74) is 1.05. The molecule has 102 valence electrons. The molecule has 1 aromatic carbocycles. The predicted octanol–water partition coefficient (Wildman–Crippen LogP) is 5.07. The van der Waals surface area contributed by atoms with E-state index in [0.29, 0.717) is 16.5 Å². The van der Waals surface area contributed by atoms with Crippen molar-refractivity contribution in [1.29, 1.82) is 0 Å². The van der Waals surface area contributed by atoms with Crippen LogP contribution in [-0.2, 0) is 0 Å². The molecular formula is C14H20Cl2O2. The van der Waals surface area contributed by atoms with Gasteiger partial charge >= 0.3 is 0 Å². The fraction of sp³-hybridized carbons (Fsp3) is 0.571. The number of alkyl halides is 1. The number of ether oxygens (including phenoxy) is 2. The smallest absolute Gasteiger partial charge is 0.145 e. The standard InChI is InChI=1S/C14H20Cl2O2/c1-14(2,3)8-10(15)9-6-7-11(17-4)12(16)13(9)18-5/h6-7,10H,8H2,1-5H3. The van der Waals surface area contributed by atoms with Crippen molar-refractivity contribution in [2.24, 2.45) is 5.41 Å². The molecule has 0 fully saturated rings. The van der Waals surface area contributed by atoms with Gasteiger partial charge in [0.1, 0.15) is 16.5 Å². The van der Waals surface area contributed by atoms with E-state index in [9.17, 15) is 0 Å². The monoisotopic (exact) mass is 290 g/mol. The Labute approximate surface area is 119 Å². The van der Waals surface area contributed by atoms with Gasteiger partial charge in [0.2, 0.25) is 0 Å². The number of halogens is 2. The van der Waals surface area contributed by atoms with Crippen molar-refractivity contribution < 1.29 is 9.47 Å². The maximum absolute atomic E-state index is 6.46. The predicted molar refractivity (Wildman–Crippen MR) is 77.2 cm³/mol. The lowest BCUT2D eigenvalue weighted by atomic mass is 9.88. The van der Waals surface area contributed by atoms with Gasteiger partial charge in [0.05, 0.1) is 19.6 Å². The molecule has 4 heteroatoms. The van der Waals surface area contributed by atoms with Gasteiger partial charge in [-0.2, -0.15) is 0 Å². The normalized spacial score (nSPS) is 13.3. The first-order chi connectivity index (χ1) is 8.30. The molecule has 0 radical (unpaired) electrons. The lowest BCUT2D eigenvalue weighted by molar-refractivity contribution is 0.361. The average Bonchev–Trinajstić information content (AvgIpc) is 2.26. The molecule has 0 saturated carbocycles. The van der Waals surface area contributed by atoms with Crippen LogP contribution in [0.3, 0.4) is 0 Å². The number of methoxy groups -OCH3 is 2. The Morgan fingerprint density at radius 2 is 1.78 bits per heavy atom. The van der Waals surface area contributed by atoms with Gasteiger partial charge in [0, 0.05) is 5.56 Å². The van der Waals surface area contributed by atoms with Crippen LogP contribution in [0.4, 0.5) is 0 Å². The van der Waals surface area contributed by atoms with Crippen LogP contribution in [0.1, 0.15) is 38.1 Å². The number of hydrogen-bond donors (Lipinski definition) is 0. The first-order valence-electron chi connectivity index (χ1n) is 5.84. The zero-order valence-corrected chi connectivity index (χ0v) is 13.0. The molecule has 0 spiro atoms. The molecule has 0 aliphatic rings. The van der Waals surface area contributed by atoms with Gasteiger partial charge in [0.25, 0.3) is 0 Å². The highest BCUT2D eigenvalue weighted by atomic mass is 35.5. The van der Waals surface area contributed by atoms with Crippen molar-refractivity contribution in [2.45, 2.75) is 32.6 Å². The summed E-state index contributed by atoms with van der Waals surface area (Å²) < 4.78 is 10.5. The van der Waals surface area contributed by atoms with Crippen LogP contribution < -0.4 is 9.47 Å². The fourth-order valence-corrected chi connectivity index (χ4v) is 2.77. The maximum Gasteiger partial charge on any atom is 0.145 e. The molecule has 2 nitrogen and oxygen atoms in total. The molecule has 0 bridgehead atoms. The molecule has 18 heavy (non-hydrogen) atoms. The van der Waals surface area contributed by atoms with E-state index in [1.165, 1.54) is 0 Å². The zero-order chi connectivity index (χ0) is 13.9. The van der Waals surface area contributed by atoms with Crippen LogP contribution in [0.15, 0.2) is 12.1 Å². The van der Waals surface area contributed by atoms with E-state index >= 15 is 0 Å². The Balaban J connectivity index is 3.13. The second-order valence-corrected chi connectivity index (χ2v) is 6.34. The second-order valence-electron chi connectivity index (χ2n) is 5.44. The van der Waals surface area contributed by atoms with Gasteiger partial charge in [-0.1, -0.05) is 38.4 Å². The maximum atomic E-state index is 6.46. The summed E-state index contributed by atoms with van der Waals surface area (Å²) >= 11 is 12.7. The Morgan fingerprint density at radius 1 is 1.17 bits per heavy atom.